The minimum Gasteiger partial charge on any atom is -0.468 e. The number of hydrogen-bond acceptors (Lipinski definition) is 6. The number of anilines is 1. The van der Waals surface area contributed by atoms with Crippen LogP contribution in [0, 0.1) is 0 Å². The average Bonchev–Trinajstić information content (AvgIpc) is 3.10. The Labute approximate surface area is 120 Å². The number of thiazole rings is 1. The van der Waals surface area contributed by atoms with Gasteiger partial charge >= 0.3 is 0 Å². The van der Waals surface area contributed by atoms with E-state index in [2.05, 4.69) is 9.88 Å². The summed E-state index contributed by atoms with van der Waals surface area (Å²) in [6.45, 7) is 3.88. The maximum absolute atomic E-state index is 12.2. The first-order chi connectivity index (χ1) is 9.72. The Morgan fingerprint density at radius 3 is 2.80 bits per heavy atom. The van der Waals surface area contributed by atoms with Gasteiger partial charge in [-0.05, 0) is 12.1 Å². The van der Waals surface area contributed by atoms with Crippen LogP contribution in [0.4, 0.5) is 5.13 Å². The van der Waals surface area contributed by atoms with E-state index in [1.54, 1.807) is 11.6 Å². The Balaban J connectivity index is 1.54. The Bertz CT molecular complexity index is 573. The van der Waals surface area contributed by atoms with E-state index < -0.39 is 0 Å². The van der Waals surface area contributed by atoms with Crippen LogP contribution in [0.2, 0.25) is 0 Å². The Morgan fingerprint density at radius 2 is 2.20 bits per heavy atom. The molecule has 0 unspecified atom stereocenters. The van der Waals surface area contributed by atoms with Gasteiger partial charge < -0.3 is 15.1 Å². The van der Waals surface area contributed by atoms with Crippen LogP contribution >= 0.6 is 11.3 Å². The molecule has 106 valence electrons. The molecule has 6 nitrogen and oxygen atoms in total. The molecule has 7 heteroatoms. The molecule has 2 aromatic rings. The third kappa shape index (κ3) is 2.83. The Morgan fingerprint density at radius 1 is 1.40 bits per heavy atom. The molecule has 0 radical (unpaired) electrons. The molecule has 0 aromatic carbocycles. The van der Waals surface area contributed by atoms with Crippen LogP contribution in [0.25, 0.3) is 0 Å². The molecule has 0 bridgehead atoms. The normalized spacial score (nSPS) is 16.5. The number of nitrogens with two attached hydrogens (primary N) is 1. The Hall–Kier alpha value is -1.86. The number of furan rings is 1. The molecule has 1 saturated heterocycles. The van der Waals surface area contributed by atoms with Crippen molar-refractivity contribution in [2.45, 2.75) is 6.54 Å². The summed E-state index contributed by atoms with van der Waals surface area (Å²) in [5, 5.41) is 2.15. The number of piperazine rings is 1. The van der Waals surface area contributed by atoms with Gasteiger partial charge in [-0.15, -0.1) is 11.3 Å². The number of hydrogen-bond donors (Lipinski definition) is 1. The minimum absolute atomic E-state index is 0.0319. The van der Waals surface area contributed by atoms with Gasteiger partial charge in [-0.1, -0.05) is 0 Å². The maximum Gasteiger partial charge on any atom is 0.273 e. The summed E-state index contributed by atoms with van der Waals surface area (Å²) in [5.41, 5.74) is 6.01. The third-order valence-corrected chi connectivity index (χ3v) is 4.03. The van der Waals surface area contributed by atoms with E-state index in [0.717, 1.165) is 25.4 Å². The van der Waals surface area contributed by atoms with Crippen LogP contribution in [0.15, 0.2) is 28.2 Å². The van der Waals surface area contributed by atoms with Crippen LogP contribution < -0.4 is 5.73 Å². The number of nitrogens with zero attached hydrogens (tertiary/aromatic N) is 3. The van der Waals surface area contributed by atoms with Crippen LogP contribution in [0.3, 0.4) is 0 Å². The predicted octanol–water partition coefficient (Wildman–Crippen LogP) is 1.28. The third-order valence-electron chi connectivity index (χ3n) is 3.36. The fourth-order valence-corrected chi connectivity index (χ4v) is 2.82. The number of rotatable bonds is 3. The van der Waals surface area contributed by atoms with Gasteiger partial charge in [0.25, 0.3) is 5.91 Å². The van der Waals surface area contributed by atoms with Crippen LogP contribution in [-0.2, 0) is 6.54 Å². The van der Waals surface area contributed by atoms with Crippen molar-refractivity contribution in [3.05, 3.63) is 35.2 Å². The second-order valence-electron chi connectivity index (χ2n) is 4.72. The van der Waals surface area contributed by atoms with Crippen molar-refractivity contribution in [2.24, 2.45) is 0 Å². The number of carbonyl (C=O) groups excluding carboxylic acids is 1. The van der Waals surface area contributed by atoms with Gasteiger partial charge in [0.05, 0.1) is 12.8 Å². The highest BCUT2D eigenvalue weighted by molar-refractivity contribution is 7.13. The van der Waals surface area contributed by atoms with Gasteiger partial charge in [-0.2, -0.15) is 0 Å². The molecule has 0 spiro atoms. The van der Waals surface area contributed by atoms with Crippen molar-refractivity contribution in [3.63, 3.8) is 0 Å². The zero-order chi connectivity index (χ0) is 13.9. The SMILES string of the molecule is Nc1nc(C(=O)N2CCN(Cc3ccco3)CC2)cs1. The highest BCUT2D eigenvalue weighted by Gasteiger charge is 2.23. The lowest BCUT2D eigenvalue weighted by Crippen LogP contribution is -2.48. The zero-order valence-electron chi connectivity index (χ0n) is 11.0. The van der Waals surface area contributed by atoms with Crippen molar-refractivity contribution < 1.29 is 9.21 Å². The fraction of sp³-hybridized carbons (Fsp3) is 0.385. The Kier molecular flexibility index (Phi) is 3.70. The second kappa shape index (κ2) is 5.64. The molecule has 2 N–H and O–H groups in total. The average molecular weight is 292 g/mol. The van der Waals surface area contributed by atoms with Gasteiger partial charge in [0.15, 0.2) is 5.13 Å². The molecular weight excluding hydrogens is 276 g/mol. The van der Waals surface area contributed by atoms with Crippen molar-refractivity contribution in [1.82, 2.24) is 14.8 Å². The van der Waals surface area contributed by atoms with Gasteiger partial charge in [-0.25, -0.2) is 4.98 Å². The summed E-state index contributed by atoms with van der Waals surface area (Å²) in [4.78, 5) is 20.4. The number of nitrogen functional groups attached to an aromatic ring is 1. The van der Waals surface area contributed by atoms with E-state index >= 15 is 0 Å². The number of carbonyl (C=O) groups is 1. The first-order valence-corrected chi connectivity index (χ1v) is 7.35. The number of aromatic nitrogens is 1. The first-order valence-electron chi connectivity index (χ1n) is 6.47. The van der Waals surface area contributed by atoms with E-state index in [-0.39, 0.29) is 5.91 Å². The minimum atomic E-state index is -0.0319. The van der Waals surface area contributed by atoms with Gasteiger partial charge in [-0.3, -0.25) is 9.69 Å². The van der Waals surface area contributed by atoms with E-state index in [1.807, 2.05) is 17.0 Å². The second-order valence-corrected chi connectivity index (χ2v) is 5.61. The summed E-state index contributed by atoms with van der Waals surface area (Å²) in [6.07, 6.45) is 1.68. The zero-order valence-corrected chi connectivity index (χ0v) is 11.8. The fourth-order valence-electron chi connectivity index (χ4n) is 2.28. The van der Waals surface area contributed by atoms with E-state index in [1.165, 1.54) is 11.3 Å². The lowest BCUT2D eigenvalue weighted by Gasteiger charge is -2.33. The summed E-state index contributed by atoms with van der Waals surface area (Å²) in [6, 6.07) is 3.86. The summed E-state index contributed by atoms with van der Waals surface area (Å²) in [5.74, 6) is 0.924. The van der Waals surface area contributed by atoms with Crippen molar-refractivity contribution in [2.75, 3.05) is 31.9 Å². The molecule has 3 heterocycles. The van der Waals surface area contributed by atoms with E-state index in [0.29, 0.717) is 23.9 Å². The largest absolute Gasteiger partial charge is 0.468 e. The van der Waals surface area contributed by atoms with Crippen LogP contribution in [0.1, 0.15) is 16.2 Å². The maximum atomic E-state index is 12.2. The lowest BCUT2D eigenvalue weighted by molar-refractivity contribution is 0.0615. The van der Waals surface area contributed by atoms with Gasteiger partial charge in [0.1, 0.15) is 11.5 Å². The van der Waals surface area contributed by atoms with Crippen molar-refractivity contribution >= 4 is 22.4 Å². The van der Waals surface area contributed by atoms with Crippen molar-refractivity contribution in [1.29, 1.82) is 0 Å². The molecule has 0 saturated carbocycles. The van der Waals surface area contributed by atoms with Crippen LogP contribution in [0.5, 0.6) is 0 Å². The van der Waals surface area contributed by atoms with Gasteiger partial charge in [0, 0.05) is 31.6 Å². The first kappa shape index (κ1) is 13.1. The summed E-state index contributed by atoms with van der Waals surface area (Å²) in [7, 11) is 0. The number of amides is 1. The van der Waals surface area contributed by atoms with E-state index in [9.17, 15) is 4.79 Å². The molecule has 20 heavy (non-hydrogen) atoms. The van der Waals surface area contributed by atoms with Gasteiger partial charge in [0.2, 0.25) is 0 Å². The highest BCUT2D eigenvalue weighted by atomic mass is 32.1. The molecule has 2 aromatic heterocycles. The topological polar surface area (TPSA) is 75.6 Å². The molecule has 0 aliphatic carbocycles. The molecule has 1 amide bonds. The molecule has 1 aliphatic heterocycles. The summed E-state index contributed by atoms with van der Waals surface area (Å²) < 4.78 is 5.34. The smallest absolute Gasteiger partial charge is 0.273 e. The molecule has 1 fully saturated rings. The summed E-state index contributed by atoms with van der Waals surface area (Å²) >= 11 is 1.30. The molecular formula is C13H16N4O2S. The van der Waals surface area contributed by atoms with E-state index in [4.69, 9.17) is 10.2 Å². The quantitative estimate of drug-likeness (QED) is 0.922. The predicted molar refractivity (Wildman–Crippen MR) is 76.4 cm³/mol. The molecule has 0 atom stereocenters. The molecule has 1 aliphatic rings. The lowest BCUT2D eigenvalue weighted by atomic mass is 10.2. The highest BCUT2D eigenvalue weighted by Crippen LogP contribution is 2.15. The van der Waals surface area contributed by atoms with Crippen LogP contribution in [-0.4, -0.2) is 46.9 Å². The standard InChI is InChI=1S/C13H16N4O2S/c14-13-15-11(9-20-13)12(18)17-5-3-16(4-6-17)8-10-2-1-7-19-10/h1-2,7,9H,3-6,8H2,(H2,14,15). The van der Waals surface area contributed by atoms with Crippen molar-refractivity contribution in [3.8, 4) is 0 Å². The monoisotopic (exact) mass is 292 g/mol. The molecule has 3 rings (SSSR count).